The Hall–Kier alpha value is -1.77. The second kappa shape index (κ2) is 5.04. The molecule has 0 amide bonds. The molecule has 1 rings (SSSR count). The van der Waals surface area contributed by atoms with Crippen LogP contribution in [-0.2, 0) is 0 Å². The Morgan fingerprint density at radius 3 is 2.29 bits per heavy atom. The van der Waals surface area contributed by atoms with Crippen LogP contribution in [0.2, 0.25) is 0 Å². The number of ketones is 1. The maximum absolute atomic E-state index is 13.6. The van der Waals surface area contributed by atoms with Crippen molar-refractivity contribution >= 4 is 5.78 Å². The zero-order valence-corrected chi connectivity index (χ0v) is 10.1. The van der Waals surface area contributed by atoms with Crippen LogP contribution in [-0.4, -0.2) is 5.78 Å². The van der Waals surface area contributed by atoms with Crippen LogP contribution in [0.3, 0.4) is 0 Å². The summed E-state index contributed by atoms with van der Waals surface area (Å²) in [6.07, 6.45) is 1.55. The molecule has 1 aromatic rings. The molecule has 0 radical (unpaired) electrons. The second-order valence-corrected chi connectivity index (χ2v) is 3.84. The van der Waals surface area contributed by atoms with E-state index in [-0.39, 0.29) is 11.1 Å². The summed E-state index contributed by atoms with van der Waals surface area (Å²) in [5, 5.41) is 0. The van der Waals surface area contributed by atoms with E-state index < -0.39 is 17.4 Å². The van der Waals surface area contributed by atoms with E-state index in [0.29, 0.717) is 11.1 Å². The third kappa shape index (κ3) is 2.49. The van der Waals surface area contributed by atoms with Crippen molar-refractivity contribution in [1.82, 2.24) is 0 Å². The van der Waals surface area contributed by atoms with Gasteiger partial charge in [0.2, 0.25) is 0 Å². The number of hydrogen-bond donors (Lipinski definition) is 0. The van der Waals surface area contributed by atoms with Crippen LogP contribution in [0.4, 0.5) is 8.78 Å². The summed E-state index contributed by atoms with van der Waals surface area (Å²) in [5.41, 5.74) is 0.634. The van der Waals surface area contributed by atoms with Crippen molar-refractivity contribution in [3.8, 4) is 0 Å². The van der Waals surface area contributed by atoms with Crippen LogP contribution in [0.5, 0.6) is 0 Å². The smallest absolute Gasteiger partial charge is 0.196 e. The van der Waals surface area contributed by atoms with Crippen LogP contribution in [0.1, 0.15) is 29.8 Å². The topological polar surface area (TPSA) is 17.1 Å². The molecule has 0 unspecified atom stereocenters. The quantitative estimate of drug-likeness (QED) is 0.441. The lowest BCUT2D eigenvalue weighted by molar-refractivity contribution is 0.103. The van der Waals surface area contributed by atoms with Gasteiger partial charge in [-0.1, -0.05) is 12.7 Å². The lowest BCUT2D eigenvalue weighted by atomic mass is 9.94. The van der Waals surface area contributed by atoms with Gasteiger partial charge in [-0.3, -0.25) is 4.79 Å². The highest BCUT2D eigenvalue weighted by molar-refractivity contribution is 6.12. The highest BCUT2D eigenvalue weighted by atomic mass is 19.1. The number of carbonyl (C=O) groups is 1. The van der Waals surface area contributed by atoms with E-state index in [2.05, 4.69) is 6.58 Å². The Bertz CT molecular complexity index is 513. The van der Waals surface area contributed by atoms with Crippen LogP contribution in [0, 0.1) is 18.6 Å². The number of allylic oxidation sites excluding steroid dienone is 3. The zero-order valence-electron chi connectivity index (χ0n) is 10.1. The molecule has 3 heteroatoms. The maximum Gasteiger partial charge on any atom is 0.196 e. The first-order valence-corrected chi connectivity index (χ1v) is 5.21. The third-order valence-corrected chi connectivity index (χ3v) is 2.57. The maximum atomic E-state index is 13.6. The van der Waals surface area contributed by atoms with Crippen molar-refractivity contribution in [3.63, 3.8) is 0 Å². The molecule has 0 atom stereocenters. The fourth-order valence-corrected chi connectivity index (χ4v) is 1.64. The Morgan fingerprint density at radius 2 is 1.82 bits per heavy atom. The number of carbonyl (C=O) groups excluding carboxylic acids is 1. The molecule has 0 N–H and O–H groups in total. The largest absolute Gasteiger partial charge is 0.288 e. The molecule has 0 saturated carbocycles. The lowest BCUT2D eigenvalue weighted by Gasteiger charge is -2.10. The first kappa shape index (κ1) is 13.3. The number of halogens is 2. The Kier molecular flexibility index (Phi) is 3.94. The van der Waals surface area contributed by atoms with Crippen LogP contribution in [0.15, 0.2) is 35.9 Å². The Morgan fingerprint density at radius 1 is 1.29 bits per heavy atom. The van der Waals surface area contributed by atoms with E-state index in [1.165, 1.54) is 6.92 Å². The van der Waals surface area contributed by atoms with Gasteiger partial charge in [0.05, 0.1) is 5.56 Å². The van der Waals surface area contributed by atoms with Gasteiger partial charge in [-0.15, -0.1) is 0 Å². The molecule has 1 nitrogen and oxygen atoms in total. The summed E-state index contributed by atoms with van der Waals surface area (Å²) >= 11 is 0. The van der Waals surface area contributed by atoms with Gasteiger partial charge in [-0.2, -0.15) is 0 Å². The van der Waals surface area contributed by atoms with E-state index in [0.717, 1.165) is 12.1 Å². The second-order valence-electron chi connectivity index (χ2n) is 3.84. The van der Waals surface area contributed by atoms with Gasteiger partial charge in [-0.25, -0.2) is 8.78 Å². The zero-order chi connectivity index (χ0) is 13.2. The van der Waals surface area contributed by atoms with Crippen molar-refractivity contribution in [2.24, 2.45) is 0 Å². The molecule has 0 aliphatic carbocycles. The van der Waals surface area contributed by atoms with Crippen molar-refractivity contribution in [1.29, 1.82) is 0 Å². The van der Waals surface area contributed by atoms with Gasteiger partial charge < -0.3 is 0 Å². The van der Waals surface area contributed by atoms with E-state index in [1.54, 1.807) is 19.9 Å². The van der Waals surface area contributed by atoms with Crippen LogP contribution in [0.25, 0.3) is 0 Å². The fraction of sp³-hybridized carbons (Fsp3) is 0.214. The Balaban J connectivity index is 3.40. The van der Waals surface area contributed by atoms with E-state index in [9.17, 15) is 13.6 Å². The molecule has 0 heterocycles. The highest BCUT2D eigenvalue weighted by Crippen LogP contribution is 2.22. The minimum atomic E-state index is -0.713. The molecular weight excluding hydrogens is 222 g/mol. The molecule has 90 valence electrons. The molecule has 0 saturated heterocycles. The highest BCUT2D eigenvalue weighted by Gasteiger charge is 2.20. The summed E-state index contributed by atoms with van der Waals surface area (Å²) in [4.78, 5) is 12.1. The van der Waals surface area contributed by atoms with Gasteiger partial charge in [0, 0.05) is 5.57 Å². The molecule has 0 spiro atoms. The minimum absolute atomic E-state index is 0.0237. The third-order valence-electron chi connectivity index (χ3n) is 2.57. The summed E-state index contributed by atoms with van der Waals surface area (Å²) in [6, 6.07) is 1.97. The van der Waals surface area contributed by atoms with Crippen molar-refractivity contribution in [3.05, 3.63) is 58.7 Å². The molecule has 0 aliphatic rings. The summed E-state index contributed by atoms with van der Waals surface area (Å²) in [6.45, 7) is 8.35. The molecular formula is C14H14F2O. The Labute approximate surface area is 99.5 Å². The number of Topliss-reactive ketones (excluding diaryl/α,β-unsaturated/α-hetero) is 1. The number of rotatable bonds is 3. The fourth-order valence-electron chi connectivity index (χ4n) is 1.64. The van der Waals surface area contributed by atoms with Crippen molar-refractivity contribution < 1.29 is 13.6 Å². The van der Waals surface area contributed by atoms with E-state index >= 15 is 0 Å². The number of benzene rings is 1. The van der Waals surface area contributed by atoms with Crippen molar-refractivity contribution in [2.45, 2.75) is 20.8 Å². The SMILES string of the molecule is C=C(C)/C(=C/C)C(=O)c1c(F)ccc(F)c1C. The first-order valence-electron chi connectivity index (χ1n) is 5.21. The molecule has 0 fully saturated rings. The molecule has 0 bridgehead atoms. The average molecular weight is 236 g/mol. The van der Waals surface area contributed by atoms with Gasteiger partial charge >= 0.3 is 0 Å². The van der Waals surface area contributed by atoms with Gasteiger partial charge in [0.15, 0.2) is 5.78 Å². The summed E-state index contributed by atoms with van der Waals surface area (Å²) in [5.74, 6) is -1.84. The van der Waals surface area contributed by atoms with Crippen LogP contribution >= 0.6 is 0 Å². The number of hydrogen-bond acceptors (Lipinski definition) is 1. The normalized spacial score (nSPS) is 11.5. The summed E-state index contributed by atoms with van der Waals surface area (Å²) in [7, 11) is 0. The van der Waals surface area contributed by atoms with E-state index in [1.807, 2.05) is 0 Å². The van der Waals surface area contributed by atoms with Crippen molar-refractivity contribution in [2.75, 3.05) is 0 Å². The van der Waals surface area contributed by atoms with E-state index in [4.69, 9.17) is 0 Å². The predicted molar refractivity (Wildman–Crippen MR) is 64.0 cm³/mol. The van der Waals surface area contributed by atoms with Gasteiger partial charge in [0.25, 0.3) is 0 Å². The molecule has 17 heavy (non-hydrogen) atoms. The minimum Gasteiger partial charge on any atom is -0.288 e. The molecule has 0 aromatic heterocycles. The standard InChI is InChI=1S/C14H14F2O/c1-5-10(8(2)3)14(17)13-9(4)11(15)6-7-12(13)16/h5-7H,2H2,1,3-4H3/b10-5-. The van der Waals surface area contributed by atoms with Gasteiger partial charge in [-0.05, 0) is 44.0 Å². The average Bonchev–Trinajstić information content (AvgIpc) is 2.24. The summed E-state index contributed by atoms with van der Waals surface area (Å²) < 4.78 is 26.9. The predicted octanol–water partition coefficient (Wildman–Crippen LogP) is 3.98. The molecule has 0 aliphatic heterocycles. The van der Waals surface area contributed by atoms with Crippen LogP contribution < -0.4 is 0 Å². The first-order chi connectivity index (χ1) is 7.90. The van der Waals surface area contributed by atoms with Gasteiger partial charge in [0.1, 0.15) is 11.6 Å². The molecule has 1 aromatic carbocycles. The lowest BCUT2D eigenvalue weighted by Crippen LogP contribution is -2.10. The monoisotopic (exact) mass is 236 g/mol.